The van der Waals surface area contributed by atoms with Crippen LogP contribution in [0.2, 0.25) is 0 Å². The van der Waals surface area contributed by atoms with E-state index in [4.69, 9.17) is 5.84 Å². The highest BCUT2D eigenvalue weighted by molar-refractivity contribution is 5.99. The molecule has 98 valence electrons. The molecule has 1 aromatic heterocycles. The Labute approximate surface area is 107 Å². The number of hydrazine groups is 1. The number of aromatic nitrogens is 1. The Bertz CT molecular complexity index is 433. The summed E-state index contributed by atoms with van der Waals surface area (Å²) in [5.41, 5.74) is 3.70. The number of carbonyl (C=O) groups excluding carboxylic acids is 1. The number of anilines is 1. The summed E-state index contributed by atoms with van der Waals surface area (Å²) in [6.07, 6.45) is 4.27. The van der Waals surface area contributed by atoms with Gasteiger partial charge in [0.05, 0.1) is 17.4 Å². The lowest BCUT2D eigenvalue weighted by Crippen LogP contribution is -2.30. The minimum atomic E-state index is 0.0356. The van der Waals surface area contributed by atoms with E-state index in [1.165, 1.54) is 0 Å². The zero-order valence-corrected chi connectivity index (χ0v) is 10.9. The second kappa shape index (κ2) is 5.35. The number of pyridine rings is 1. The number of amides is 1. The molecule has 18 heavy (non-hydrogen) atoms. The van der Waals surface area contributed by atoms with Gasteiger partial charge in [-0.3, -0.25) is 15.6 Å². The van der Waals surface area contributed by atoms with Gasteiger partial charge in [0.2, 0.25) is 0 Å². The summed E-state index contributed by atoms with van der Waals surface area (Å²) in [6.45, 7) is 6.08. The molecule has 0 saturated carbocycles. The largest absolute Gasteiger partial charge is 0.338 e. The van der Waals surface area contributed by atoms with Gasteiger partial charge in [0.15, 0.2) is 0 Å². The molecular weight excluding hydrogens is 228 g/mol. The smallest absolute Gasteiger partial charge is 0.256 e. The molecule has 3 N–H and O–H groups in total. The Kier molecular flexibility index (Phi) is 3.81. The van der Waals surface area contributed by atoms with Gasteiger partial charge in [-0.25, -0.2) is 0 Å². The number of hydrogen-bond acceptors (Lipinski definition) is 4. The van der Waals surface area contributed by atoms with E-state index in [9.17, 15) is 4.79 Å². The third kappa shape index (κ3) is 2.46. The molecule has 1 aromatic rings. The van der Waals surface area contributed by atoms with Gasteiger partial charge in [0.1, 0.15) is 0 Å². The van der Waals surface area contributed by atoms with E-state index in [2.05, 4.69) is 24.3 Å². The zero-order chi connectivity index (χ0) is 13.1. The third-order valence-corrected chi connectivity index (χ3v) is 3.66. The predicted octanol–water partition coefficient (Wildman–Crippen LogP) is 1.49. The van der Waals surface area contributed by atoms with E-state index in [-0.39, 0.29) is 5.91 Å². The third-order valence-electron chi connectivity index (χ3n) is 3.66. The van der Waals surface area contributed by atoms with Gasteiger partial charge in [-0.15, -0.1) is 0 Å². The molecule has 1 amide bonds. The Hall–Kier alpha value is -1.62. The first-order valence-electron chi connectivity index (χ1n) is 6.33. The summed E-state index contributed by atoms with van der Waals surface area (Å²) in [6, 6.07) is 1.71. The molecule has 1 aliphatic heterocycles. The van der Waals surface area contributed by atoms with Crippen molar-refractivity contribution in [2.24, 2.45) is 17.7 Å². The number of nitrogens with zero attached hydrogens (tertiary/aromatic N) is 2. The molecule has 1 saturated heterocycles. The van der Waals surface area contributed by atoms with Crippen LogP contribution < -0.4 is 11.3 Å². The van der Waals surface area contributed by atoms with Gasteiger partial charge in [0, 0.05) is 19.3 Å². The van der Waals surface area contributed by atoms with Crippen LogP contribution in [0.25, 0.3) is 0 Å². The van der Waals surface area contributed by atoms with Gasteiger partial charge in [0.25, 0.3) is 5.91 Å². The number of nitrogens with one attached hydrogen (secondary N) is 1. The molecule has 0 bridgehead atoms. The molecule has 0 aliphatic carbocycles. The predicted molar refractivity (Wildman–Crippen MR) is 70.9 cm³/mol. The SMILES string of the molecule is CC(C)C1CCN(C(=O)c2ccncc2NN)C1. The van der Waals surface area contributed by atoms with Crippen molar-refractivity contribution >= 4 is 11.6 Å². The van der Waals surface area contributed by atoms with Crippen molar-refractivity contribution in [2.45, 2.75) is 20.3 Å². The molecule has 1 fully saturated rings. The van der Waals surface area contributed by atoms with Crippen molar-refractivity contribution in [3.8, 4) is 0 Å². The first kappa shape index (κ1) is 12.8. The minimum Gasteiger partial charge on any atom is -0.338 e. The van der Waals surface area contributed by atoms with Gasteiger partial charge < -0.3 is 10.3 Å². The van der Waals surface area contributed by atoms with Crippen molar-refractivity contribution in [2.75, 3.05) is 18.5 Å². The maximum Gasteiger partial charge on any atom is 0.256 e. The second-order valence-electron chi connectivity index (χ2n) is 5.11. The molecule has 1 unspecified atom stereocenters. The Morgan fingerprint density at radius 3 is 3.00 bits per heavy atom. The molecule has 2 rings (SSSR count). The summed E-state index contributed by atoms with van der Waals surface area (Å²) < 4.78 is 0. The highest BCUT2D eigenvalue weighted by atomic mass is 16.2. The van der Waals surface area contributed by atoms with Crippen LogP contribution in [0.4, 0.5) is 5.69 Å². The van der Waals surface area contributed by atoms with Gasteiger partial charge in [-0.1, -0.05) is 13.8 Å². The fraction of sp³-hybridized carbons (Fsp3) is 0.538. The molecule has 0 spiro atoms. The van der Waals surface area contributed by atoms with Gasteiger partial charge in [-0.2, -0.15) is 0 Å². The summed E-state index contributed by atoms with van der Waals surface area (Å²) in [5, 5.41) is 0. The van der Waals surface area contributed by atoms with Gasteiger partial charge >= 0.3 is 0 Å². The highest BCUT2D eigenvalue weighted by Gasteiger charge is 2.29. The van der Waals surface area contributed by atoms with Crippen LogP contribution in [0.5, 0.6) is 0 Å². The van der Waals surface area contributed by atoms with Crippen LogP contribution in [-0.2, 0) is 0 Å². The summed E-state index contributed by atoms with van der Waals surface area (Å²) in [5.74, 6) is 6.66. The molecule has 0 radical (unpaired) electrons. The van der Waals surface area contributed by atoms with Crippen molar-refractivity contribution < 1.29 is 4.79 Å². The summed E-state index contributed by atoms with van der Waals surface area (Å²) >= 11 is 0. The van der Waals surface area contributed by atoms with Crippen molar-refractivity contribution in [1.29, 1.82) is 0 Å². The van der Waals surface area contributed by atoms with E-state index in [1.54, 1.807) is 18.5 Å². The number of likely N-dealkylation sites (tertiary alicyclic amines) is 1. The van der Waals surface area contributed by atoms with Crippen LogP contribution in [0.3, 0.4) is 0 Å². The lowest BCUT2D eigenvalue weighted by atomic mass is 9.95. The van der Waals surface area contributed by atoms with Crippen LogP contribution in [0, 0.1) is 11.8 Å². The fourth-order valence-corrected chi connectivity index (χ4v) is 2.38. The Balaban J connectivity index is 2.13. The van der Waals surface area contributed by atoms with Gasteiger partial charge in [-0.05, 0) is 24.3 Å². The van der Waals surface area contributed by atoms with Crippen LogP contribution in [0.15, 0.2) is 18.5 Å². The molecule has 2 heterocycles. The number of carbonyl (C=O) groups is 1. The Morgan fingerprint density at radius 2 is 2.39 bits per heavy atom. The second-order valence-corrected chi connectivity index (χ2v) is 5.11. The fourth-order valence-electron chi connectivity index (χ4n) is 2.38. The molecular formula is C13H20N4O. The molecule has 1 aliphatic rings. The topological polar surface area (TPSA) is 71.2 Å². The minimum absolute atomic E-state index is 0.0356. The molecule has 1 atom stereocenters. The van der Waals surface area contributed by atoms with E-state index >= 15 is 0 Å². The quantitative estimate of drug-likeness (QED) is 0.628. The van der Waals surface area contributed by atoms with E-state index in [1.807, 2.05) is 4.90 Å². The van der Waals surface area contributed by atoms with E-state index in [0.717, 1.165) is 19.5 Å². The normalized spacial score (nSPS) is 19.3. The average Bonchev–Trinajstić information content (AvgIpc) is 2.87. The highest BCUT2D eigenvalue weighted by Crippen LogP contribution is 2.26. The van der Waals surface area contributed by atoms with Crippen LogP contribution in [-0.4, -0.2) is 28.9 Å². The average molecular weight is 248 g/mol. The number of nitrogens with two attached hydrogens (primary N) is 1. The van der Waals surface area contributed by atoms with Crippen LogP contribution in [0.1, 0.15) is 30.6 Å². The maximum absolute atomic E-state index is 12.4. The van der Waals surface area contributed by atoms with E-state index in [0.29, 0.717) is 23.1 Å². The monoisotopic (exact) mass is 248 g/mol. The summed E-state index contributed by atoms with van der Waals surface area (Å²) in [4.78, 5) is 18.3. The lowest BCUT2D eigenvalue weighted by molar-refractivity contribution is 0.0785. The lowest BCUT2D eigenvalue weighted by Gasteiger charge is -2.19. The number of hydrogen-bond donors (Lipinski definition) is 2. The van der Waals surface area contributed by atoms with Crippen molar-refractivity contribution in [1.82, 2.24) is 9.88 Å². The van der Waals surface area contributed by atoms with E-state index < -0.39 is 0 Å². The zero-order valence-electron chi connectivity index (χ0n) is 10.9. The number of nitrogen functional groups attached to an aromatic ring is 1. The standard InChI is InChI=1S/C13H20N4O/c1-9(2)10-4-6-17(8-10)13(18)11-3-5-15-7-12(11)16-14/h3,5,7,9-10,16H,4,6,8,14H2,1-2H3. The summed E-state index contributed by atoms with van der Waals surface area (Å²) in [7, 11) is 0. The van der Waals surface area contributed by atoms with Crippen LogP contribution >= 0.6 is 0 Å². The van der Waals surface area contributed by atoms with Crippen molar-refractivity contribution in [3.05, 3.63) is 24.0 Å². The maximum atomic E-state index is 12.4. The molecule has 5 nitrogen and oxygen atoms in total. The first-order chi connectivity index (χ1) is 8.63. The number of rotatable bonds is 3. The Morgan fingerprint density at radius 1 is 1.61 bits per heavy atom. The molecule has 5 heteroatoms. The molecule has 0 aromatic carbocycles. The van der Waals surface area contributed by atoms with Crippen molar-refractivity contribution in [3.63, 3.8) is 0 Å². The first-order valence-corrected chi connectivity index (χ1v) is 6.33.